The van der Waals surface area contributed by atoms with Crippen molar-refractivity contribution in [1.82, 2.24) is 10.3 Å². The topological polar surface area (TPSA) is 75.8 Å². The van der Waals surface area contributed by atoms with Gasteiger partial charge in [0, 0.05) is 49.7 Å². The summed E-state index contributed by atoms with van der Waals surface area (Å²) in [6, 6.07) is 12.5. The van der Waals surface area contributed by atoms with Crippen molar-refractivity contribution in [2.24, 2.45) is 16.6 Å². The monoisotopic (exact) mass is 493 g/mol. The second kappa shape index (κ2) is 9.95. The molecular weight excluding hydrogens is 465 g/mol. The van der Waals surface area contributed by atoms with Crippen molar-refractivity contribution in [3.05, 3.63) is 54.4 Å². The number of hydrogen-bond donors (Lipinski definition) is 2. The molecule has 0 spiro atoms. The summed E-state index contributed by atoms with van der Waals surface area (Å²) in [5.41, 5.74) is 8.59. The number of nitrogens with zero attached hydrogens (tertiary/aromatic N) is 3. The zero-order valence-corrected chi connectivity index (χ0v) is 18.3. The van der Waals surface area contributed by atoms with Gasteiger partial charge in [-0.15, -0.1) is 24.0 Å². The van der Waals surface area contributed by atoms with Gasteiger partial charge in [-0.05, 0) is 37.0 Å². The van der Waals surface area contributed by atoms with Crippen LogP contribution in [0.5, 0.6) is 5.75 Å². The first-order valence-corrected chi connectivity index (χ1v) is 9.73. The summed E-state index contributed by atoms with van der Waals surface area (Å²) in [4.78, 5) is 11.1. The molecule has 1 aromatic carbocycles. The van der Waals surface area contributed by atoms with Gasteiger partial charge in [0.25, 0.3) is 0 Å². The van der Waals surface area contributed by atoms with Crippen molar-refractivity contribution in [3.8, 4) is 5.75 Å². The maximum absolute atomic E-state index is 6.18. The van der Waals surface area contributed by atoms with Gasteiger partial charge in [-0.3, -0.25) is 9.98 Å². The minimum Gasteiger partial charge on any atom is -0.493 e. The van der Waals surface area contributed by atoms with Crippen LogP contribution in [0.25, 0.3) is 0 Å². The second-order valence-corrected chi connectivity index (χ2v) is 7.23. The van der Waals surface area contributed by atoms with Crippen molar-refractivity contribution in [3.63, 3.8) is 0 Å². The van der Waals surface area contributed by atoms with E-state index in [1.54, 1.807) is 0 Å². The number of hydrogen-bond acceptors (Lipinski definition) is 4. The van der Waals surface area contributed by atoms with E-state index in [0.29, 0.717) is 18.5 Å². The first-order valence-electron chi connectivity index (χ1n) is 9.73. The molecule has 3 N–H and O–H groups in total. The lowest BCUT2D eigenvalue weighted by atomic mass is 9.96. The molecule has 1 aromatic heterocycles. The van der Waals surface area contributed by atoms with Crippen LogP contribution in [0.2, 0.25) is 0 Å². The van der Waals surface area contributed by atoms with Gasteiger partial charge < -0.3 is 20.7 Å². The maximum Gasteiger partial charge on any atom is 0.189 e. The van der Waals surface area contributed by atoms with E-state index in [1.165, 1.54) is 5.69 Å². The van der Waals surface area contributed by atoms with Crippen molar-refractivity contribution in [1.29, 1.82) is 0 Å². The highest BCUT2D eigenvalue weighted by Crippen LogP contribution is 2.31. The smallest absolute Gasteiger partial charge is 0.189 e. The van der Waals surface area contributed by atoms with E-state index in [9.17, 15) is 0 Å². The average molecular weight is 493 g/mol. The van der Waals surface area contributed by atoms with Crippen LogP contribution in [0.4, 0.5) is 5.69 Å². The summed E-state index contributed by atoms with van der Waals surface area (Å²) < 4.78 is 5.71. The number of guanidine groups is 1. The number of aromatic nitrogens is 1. The second-order valence-electron chi connectivity index (χ2n) is 7.23. The van der Waals surface area contributed by atoms with Gasteiger partial charge in [-0.1, -0.05) is 18.2 Å². The molecule has 2 aliphatic heterocycles. The van der Waals surface area contributed by atoms with Gasteiger partial charge in [0.1, 0.15) is 5.75 Å². The number of nitrogens with one attached hydrogen (secondary N) is 1. The zero-order valence-electron chi connectivity index (χ0n) is 16.0. The Morgan fingerprint density at radius 3 is 2.68 bits per heavy atom. The van der Waals surface area contributed by atoms with Crippen LogP contribution < -0.4 is 20.7 Å². The van der Waals surface area contributed by atoms with Gasteiger partial charge in [-0.25, -0.2) is 0 Å². The van der Waals surface area contributed by atoms with E-state index < -0.39 is 0 Å². The van der Waals surface area contributed by atoms with Crippen LogP contribution in [-0.2, 0) is 0 Å². The van der Waals surface area contributed by atoms with Gasteiger partial charge in [0.05, 0.1) is 12.6 Å². The van der Waals surface area contributed by atoms with Crippen LogP contribution in [0.15, 0.2) is 53.8 Å². The number of anilines is 1. The molecule has 1 unspecified atom stereocenters. The highest BCUT2D eigenvalue weighted by Gasteiger charge is 2.22. The Hall–Kier alpha value is -2.03. The molecule has 6 nitrogen and oxygen atoms in total. The molecule has 4 rings (SSSR count). The van der Waals surface area contributed by atoms with Crippen molar-refractivity contribution < 1.29 is 4.74 Å². The van der Waals surface area contributed by atoms with E-state index >= 15 is 0 Å². The lowest BCUT2D eigenvalue weighted by molar-refractivity contribution is 0.262. The Kier molecular flexibility index (Phi) is 7.36. The Balaban J connectivity index is 0.00000225. The fraction of sp³-hybridized carbons (Fsp3) is 0.429. The van der Waals surface area contributed by atoms with E-state index in [4.69, 9.17) is 10.5 Å². The summed E-state index contributed by atoms with van der Waals surface area (Å²) >= 11 is 0. The highest BCUT2D eigenvalue weighted by molar-refractivity contribution is 14.0. The van der Waals surface area contributed by atoms with Gasteiger partial charge in [-0.2, -0.15) is 0 Å². The molecule has 0 radical (unpaired) electrons. The van der Waals surface area contributed by atoms with Crippen LogP contribution >= 0.6 is 24.0 Å². The number of pyridine rings is 1. The molecule has 150 valence electrons. The number of halogens is 1. The number of rotatable bonds is 4. The lowest BCUT2D eigenvalue weighted by Crippen LogP contribution is -2.38. The molecule has 2 aromatic rings. The predicted molar refractivity (Wildman–Crippen MR) is 124 cm³/mol. The first kappa shape index (κ1) is 20.7. The van der Waals surface area contributed by atoms with E-state index in [-0.39, 0.29) is 30.0 Å². The Bertz CT molecular complexity index is 777. The zero-order chi connectivity index (χ0) is 18.5. The molecular formula is C21H28IN5O. The summed E-state index contributed by atoms with van der Waals surface area (Å²) in [6.07, 6.45) is 6.88. The number of para-hydroxylation sites is 1. The number of aliphatic imine (C=N–C) groups is 1. The average Bonchev–Trinajstić information content (AvgIpc) is 2.74. The minimum absolute atomic E-state index is 0. The van der Waals surface area contributed by atoms with E-state index in [1.807, 2.05) is 30.6 Å². The molecule has 7 heteroatoms. The molecule has 0 saturated carbocycles. The number of nitrogens with two attached hydrogens (primary N) is 1. The Labute approximate surface area is 183 Å². The first-order chi connectivity index (χ1) is 13.3. The summed E-state index contributed by atoms with van der Waals surface area (Å²) in [6.45, 7) is 3.61. The standard InChI is InChI=1S/C21H27N5O.HI/c22-21(25-19-9-14-27-20-4-2-1-3-18(19)20)24-15-16-7-12-26(13-8-16)17-5-10-23-11-6-17;/h1-6,10-11,16,19H,7-9,12-15H2,(H3,22,24,25);1H. The third-order valence-corrected chi connectivity index (χ3v) is 5.44. The fourth-order valence-electron chi connectivity index (χ4n) is 3.87. The number of benzene rings is 1. The number of fused-ring (bicyclic) bond motifs is 1. The summed E-state index contributed by atoms with van der Waals surface area (Å²) in [7, 11) is 0. The number of piperidine rings is 1. The van der Waals surface area contributed by atoms with Gasteiger partial charge in [0.2, 0.25) is 0 Å². The highest BCUT2D eigenvalue weighted by atomic mass is 127. The van der Waals surface area contributed by atoms with Crippen molar-refractivity contribution >= 4 is 35.6 Å². The minimum atomic E-state index is 0. The van der Waals surface area contributed by atoms with Crippen molar-refractivity contribution in [2.75, 3.05) is 31.1 Å². The molecule has 28 heavy (non-hydrogen) atoms. The molecule has 3 heterocycles. The van der Waals surface area contributed by atoms with Crippen molar-refractivity contribution in [2.45, 2.75) is 25.3 Å². The normalized spacial score (nSPS) is 19.9. The van der Waals surface area contributed by atoms with E-state index in [2.05, 4.69) is 38.4 Å². The third-order valence-electron chi connectivity index (χ3n) is 5.44. The molecule has 1 fully saturated rings. The maximum atomic E-state index is 6.18. The van der Waals surface area contributed by atoms with Crippen LogP contribution in [0.3, 0.4) is 0 Å². The molecule has 0 bridgehead atoms. The van der Waals surface area contributed by atoms with E-state index in [0.717, 1.165) is 50.2 Å². The Morgan fingerprint density at radius 1 is 1.14 bits per heavy atom. The third kappa shape index (κ3) is 5.06. The predicted octanol–water partition coefficient (Wildman–Crippen LogP) is 3.34. The Morgan fingerprint density at radius 2 is 1.89 bits per heavy atom. The molecule has 0 aliphatic carbocycles. The largest absolute Gasteiger partial charge is 0.493 e. The van der Waals surface area contributed by atoms with Crippen LogP contribution in [0.1, 0.15) is 30.9 Å². The molecule has 1 saturated heterocycles. The molecule has 2 aliphatic rings. The molecule has 0 amide bonds. The summed E-state index contributed by atoms with van der Waals surface area (Å²) in [5, 5.41) is 3.38. The lowest BCUT2D eigenvalue weighted by Gasteiger charge is -2.33. The molecule has 1 atom stereocenters. The quantitative estimate of drug-likeness (QED) is 0.388. The number of ether oxygens (including phenoxy) is 1. The van der Waals surface area contributed by atoms with Gasteiger partial charge in [0.15, 0.2) is 5.96 Å². The van der Waals surface area contributed by atoms with Crippen LogP contribution in [-0.4, -0.2) is 37.2 Å². The SMILES string of the molecule is I.NC(=NCC1CCN(c2ccncc2)CC1)NC1CCOc2ccccc21. The van der Waals surface area contributed by atoms with Gasteiger partial charge >= 0.3 is 0 Å². The fourth-order valence-corrected chi connectivity index (χ4v) is 3.87. The summed E-state index contributed by atoms with van der Waals surface area (Å²) in [5.74, 6) is 2.07. The van der Waals surface area contributed by atoms with Crippen LogP contribution in [0, 0.1) is 5.92 Å².